The first-order chi connectivity index (χ1) is 4.35. The Morgan fingerprint density at radius 2 is 1.82 bits per heavy atom. The van der Waals surface area contributed by atoms with Crippen LogP contribution in [0.25, 0.3) is 0 Å². The van der Waals surface area contributed by atoms with Crippen LogP contribution < -0.4 is 5.73 Å². The standard InChI is InChI=1S/C6H16N2O.2Na.2H/c1-2-8(4-3-7)5-6-9;;;;/h9H,2-7H2,1H3;;;;. The third-order valence-electron chi connectivity index (χ3n) is 1.31. The molecule has 0 amide bonds. The Bertz CT molecular complexity index is 60.5. The van der Waals surface area contributed by atoms with Gasteiger partial charge in [0.2, 0.25) is 0 Å². The third-order valence-corrected chi connectivity index (χ3v) is 1.31. The van der Waals surface area contributed by atoms with E-state index in [1.54, 1.807) is 0 Å². The van der Waals surface area contributed by atoms with Crippen molar-refractivity contribution in [3.63, 3.8) is 0 Å². The van der Waals surface area contributed by atoms with Gasteiger partial charge < -0.3 is 15.7 Å². The van der Waals surface area contributed by atoms with Gasteiger partial charge in [0.15, 0.2) is 0 Å². The Balaban J connectivity index is -0.000000320. The normalized spacial score (nSPS) is 8.73. The van der Waals surface area contributed by atoms with Crippen molar-refractivity contribution in [1.29, 1.82) is 0 Å². The topological polar surface area (TPSA) is 49.5 Å². The minimum absolute atomic E-state index is 0. The van der Waals surface area contributed by atoms with E-state index in [0.29, 0.717) is 6.54 Å². The molecule has 60 valence electrons. The summed E-state index contributed by atoms with van der Waals surface area (Å²) in [5, 5.41) is 8.51. The van der Waals surface area contributed by atoms with Crippen LogP contribution in [0.3, 0.4) is 0 Å². The zero-order valence-corrected chi connectivity index (χ0v) is 6.01. The molecule has 0 aromatic rings. The van der Waals surface area contributed by atoms with Crippen LogP contribution in [0.15, 0.2) is 0 Å². The number of nitrogens with two attached hydrogens (primary N) is 1. The second kappa shape index (κ2) is 14.4. The third kappa shape index (κ3) is 11.9. The van der Waals surface area contributed by atoms with Gasteiger partial charge in [-0.25, -0.2) is 0 Å². The van der Waals surface area contributed by atoms with Gasteiger partial charge in [-0.05, 0) is 6.54 Å². The molecule has 0 unspecified atom stereocenters. The van der Waals surface area contributed by atoms with Crippen LogP contribution in [0.4, 0.5) is 0 Å². The van der Waals surface area contributed by atoms with E-state index in [1.807, 2.05) is 0 Å². The number of likely N-dealkylation sites (N-methyl/N-ethyl adjacent to an activating group) is 1. The maximum absolute atomic E-state index is 8.51. The Kier molecular flexibility index (Phi) is 24.4. The average Bonchev–Trinajstić information content (AvgIpc) is 1.88. The van der Waals surface area contributed by atoms with Crippen molar-refractivity contribution in [2.75, 3.05) is 32.8 Å². The average molecular weight is 180 g/mol. The monoisotopic (exact) mass is 180 g/mol. The Labute approximate surface area is 113 Å². The van der Waals surface area contributed by atoms with Gasteiger partial charge in [-0.2, -0.15) is 0 Å². The second-order valence-electron chi connectivity index (χ2n) is 1.95. The van der Waals surface area contributed by atoms with Crippen molar-refractivity contribution in [3.8, 4) is 0 Å². The van der Waals surface area contributed by atoms with Crippen LogP contribution in [0.5, 0.6) is 0 Å². The Morgan fingerprint density at radius 3 is 2.09 bits per heavy atom. The molecule has 0 saturated carbocycles. The Hall–Kier alpha value is 1.88. The summed E-state index contributed by atoms with van der Waals surface area (Å²) in [7, 11) is 0. The summed E-state index contributed by atoms with van der Waals surface area (Å²) >= 11 is 0. The molecule has 0 aromatic carbocycles. The summed E-state index contributed by atoms with van der Waals surface area (Å²) in [4.78, 5) is 2.11. The van der Waals surface area contributed by atoms with Crippen molar-refractivity contribution in [3.05, 3.63) is 0 Å². The van der Waals surface area contributed by atoms with E-state index in [9.17, 15) is 0 Å². The summed E-state index contributed by atoms with van der Waals surface area (Å²) < 4.78 is 0. The molecule has 0 atom stereocenters. The molecule has 0 aliphatic rings. The molecule has 0 radical (unpaired) electrons. The van der Waals surface area contributed by atoms with Crippen LogP contribution in [-0.4, -0.2) is 102 Å². The van der Waals surface area contributed by atoms with E-state index in [4.69, 9.17) is 10.8 Å². The molecule has 5 heteroatoms. The van der Waals surface area contributed by atoms with Crippen LogP contribution in [-0.2, 0) is 0 Å². The van der Waals surface area contributed by atoms with Crippen LogP contribution >= 0.6 is 0 Å². The molecule has 3 N–H and O–H groups in total. The fourth-order valence-electron chi connectivity index (χ4n) is 0.752. The Morgan fingerprint density at radius 1 is 1.27 bits per heavy atom. The molecule has 11 heavy (non-hydrogen) atoms. The first kappa shape index (κ1) is 18.6. The van der Waals surface area contributed by atoms with Gasteiger partial charge in [0.05, 0.1) is 6.61 Å². The fraction of sp³-hybridized carbons (Fsp3) is 1.00. The molecule has 0 bridgehead atoms. The number of hydrogen-bond acceptors (Lipinski definition) is 3. The van der Waals surface area contributed by atoms with E-state index in [0.717, 1.165) is 19.6 Å². The van der Waals surface area contributed by atoms with Crippen LogP contribution in [0.2, 0.25) is 0 Å². The molecule has 0 aromatic heterocycles. The quantitative estimate of drug-likeness (QED) is 0.479. The molecule has 0 fully saturated rings. The van der Waals surface area contributed by atoms with Gasteiger partial charge in [-0.3, -0.25) is 0 Å². The van der Waals surface area contributed by atoms with Gasteiger partial charge >= 0.3 is 59.1 Å². The van der Waals surface area contributed by atoms with Crippen molar-refractivity contribution in [2.24, 2.45) is 5.73 Å². The fourth-order valence-corrected chi connectivity index (χ4v) is 0.752. The van der Waals surface area contributed by atoms with Gasteiger partial charge in [-0.1, -0.05) is 6.92 Å². The first-order valence-corrected chi connectivity index (χ1v) is 3.38. The number of aliphatic hydroxyl groups is 1. The SMILES string of the molecule is CCN(CCN)CCO.[NaH].[NaH]. The molecule has 0 spiro atoms. The van der Waals surface area contributed by atoms with E-state index in [-0.39, 0.29) is 65.7 Å². The molecule has 0 saturated heterocycles. The molecule has 0 rings (SSSR count). The minimum atomic E-state index is 0. The van der Waals surface area contributed by atoms with E-state index in [2.05, 4.69) is 11.8 Å². The summed E-state index contributed by atoms with van der Waals surface area (Å²) in [6.45, 7) is 5.57. The van der Waals surface area contributed by atoms with E-state index < -0.39 is 0 Å². The first-order valence-electron chi connectivity index (χ1n) is 3.38. The van der Waals surface area contributed by atoms with E-state index >= 15 is 0 Å². The van der Waals surface area contributed by atoms with Gasteiger partial charge in [0.25, 0.3) is 0 Å². The molecule has 0 aliphatic carbocycles. The molecular formula is C6H18N2Na2O. The molecule has 0 aliphatic heterocycles. The van der Waals surface area contributed by atoms with Crippen molar-refractivity contribution in [2.45, 2.75) is 6.92 Å². The van der Waals surface area contributed by atoms with Gasteiger partial charge in [0, 0.05) is 19.6 Å². The summed E-state index contributed by atoms with van der Waals surface area (Å²) in [6, 6.07) is 0. The molecule has 0 heterocycles. The predicted octanol–water partition coefficient (Wildman–Crippen LogP) is -2.04. The number of hydrogen-bond donors (Lipinski definition) is 2. The van der Waals surface area contributed by atoms with Crippen molar-refractivity contribution < 1.29 is 5.11 Å². The van der Waals surface area contributed by atoms with E-state index in [1.165, 1.54) is 0 Å². The molecule has 3 nitrogen and oxygen atoms in total. The number of nitrogens with zero attached hydrogens (tertiary/aromatic N) is 1. The zero-order chi connectivity index (χ0) is 7.11. The second-order valence-corrected chi connectivity index (χ2v) is 1.95. The predicted molar refractivity (Wildman–Crippen MR) is 52.6 cm³/mol. The maximum atomic E-state index is 8.51. The summed E-state index contributed by atoms with van der Waals surface area (Å²) in [5.41, 5.74) is 5.31. The summed E-state index contributed by atoms with van der Waals surface area (Å²) in [6.07, 6.45) is 0. The van der Waals surface area contributed by atoms with Crippen LogP contribution in [0, 0.1) is 0 Å². The number of rotatable bonds is 5. The number of aliphatic hydroxyl groups excluding tert-OH is 1. The van der Waals surface area contributed by atoms with Gasteiger partial charge in [0.1, 0.15) is 0 Å². The zero-order valence-electron chi connectivity index (χ0n) is 6.01. The summed E-state index contributed by atoms with van der Waals surface area (Å²) in [5.74, 6) is 0. The molecular weight excluding hydrogens is 162 g/mol. The van der Waals surface area contributed by atoms with Gasteiger partial charge in [-0.15, -0.1) is 0 Å². The van der Waals surface area contributed by atoms with Crippen molar-refractivity contribution in [1.82, 2.24) is 4.90 Å². The van der Waals surface area contributed by atoms with Crippen molar-refractivity contribution >= 4 is 59.1 Å². The van der Waals surface area contributed by atoms with Crippen LogP contribution in [0.1, 0.15) is 6.92 Å².